The van der Waals surface area contributed by atoms with E-state index in [2.05, 4.69) is 45.1 Å². The number of halogens is 1. The highest BCUT2D eigenvalue weighted by Crippen LogP contribution is 2.28. The van der Waals surface area contributed by atoms with E-state index in [1.807, 2.05) is 0 Å². The average molecular weight is 272 g/mol. The summed E-state index contributed by atoms with van der Waals surface area (Å²) in [4.78, 5) is 8.39. The molecule has 2 rings (SSSR count). The summed E-state index contributed by atoms with van der Waals surface area (Å²) in [5.41, 5.74) is -0.0617. The van der Waals surface area contributed by atoms with E-state index in [4.69, 9.17) is 4.74 Å². The summed E-state index contributed by atoms with van der Waals surface area (Å²) in [6.07, 6.45) is 4.64. The van der Waals surface area contributed by atoms with Gasteiger partial charge in [-0.2, -0.15) is 0 Å². The molecule has 1 N–H and O–H groups in total. The van der Waals surface area contributed by atoms with E-state index >= 15 is 0 Å². The van der Waals surface area contributed by atoms with Crippen molar-refractivity contribution in [3.8, 4) is 0 Å². The molecule has 0 saturated carbocycles. The van der Waals surface area contributed by atoms with Crippen LogP contribution in [0.3, 0.4) is 0 Å². The smallest absolute Gasteiger partial charge is 0.223 e. The number of nitrogens with zero attached hydrogens (tertiary/aromatic N) is 2. The molecule has 82 valence electrons. The SMILES string of the molecule is C[C@@H]1OCC[C@]1(C)Nc1ncc(Br)cn1. The van der Waals surface area contributed by atoms with Crippen molar-refractivity contribution in [3.63, 3.8) is 0 Å². The third-order valence-corrected chi connectivity index (χ3v) is 3.31. The highest BCUT2D eigenvalue weighted by molar-refractivity contribution is 9.10. The van der Waals surface area contributed by atoms with Crippen molar-refractivity contribution in [2.75, 3.05) is 11.9 Å². The number of hydrogen-bond donors (Lipinski definition) is 1. The second-order valence-corrected chi connectivity index (χ2v) is 4.95. The Balaban J connectivity index is 2.11. The van der Waals surface area contributed by atoms with Crippen LogP contribution in [0, 0.1) is 0 Å². The van der Waals surface area contributed by atoms with E-state index in [9.17, 15) is 0 Å². The molecule has 1 aliphatic rings. The maximum absolute atomic E-state index is 5.54. The molecule has 0 aromatic carbocycles. The summed E-state index contributed by atoms with van der Waals surface area (Å²) >= 11 is 3.31. The minimum atomic E-state index is -0.0617. The van der Waals surface area contributed by atoms with E-state index in [1.54, 1.807) is 12.4 Å². The van der Waals surface area contributed by atoms with Crippen molar-refractivity contribution in [1.82, 2.24) is 9.97 Å². The molecule has 1 aliphatic heterocycles. The van der Waals surface area contributed by atoms with Gasteiger partial charge in [0.1, 0.15) is 0 Å². The summed E-state index contributed by atoms with van der Waals surface area (Å²) < 4.78 is 6.42. The fourth-order valence-electron chi connectivity index (χ4n) is 1.63. The molecule has 0 amide bonds. The van der Waals surface area contributed by atoms with Crippen LogP contribution in [0.25, 0.3) is 0 Å². The fraction of sp³-hybridized carbons (Fsp3) is 0.600. The Morgan fingerprint density at radius 3 is 2.73 bits per heavy atom. The zero-order valence-corrected chi connectivity index (χ0v) is 10.4. The minimum absolute atomic E-state index is 0.0617. The van der Waals surface area contributed by atoms with Crippen LogP contribution in [0.2, 0.25) is 0 Å². The van der Waals surface area contributed by atoms with Crippen LogP contribution in [0.1, 0.15) is 20.3 Å². The highest BCUT2D eigenvalue weighted by Gasteiger charge is 2.37. The fourth-order valence-corrected chi connectivity index (χ4v) is 1.84. The summed E-state index contributed by atoms with van der Waals surface area (Å²) in [5, 5.41) is 3.33. The van der Waals surface area contributed by atoms with Crippen molar-refractivity contribution in [2.45, 2.75) is 31.9 Å². The van der Waals surface area contributed by atoms with Crippen LogP contribution in [0.15, 0.2) is 16.9 Å². The number of anilines is 1. The molecule has 1 aromatic heterocycles. The van der Waals surface area contributed by atoms with E-state index in [0.717, 1.165) is 17.5 Å². The summed E-state index contributed by atoms with van der Waals surface area (Å²) in [7, 11) is 0. The van der Waals surface area contributed by atoms with E-state index in [1.165, 1.54) is 0 Å². The normalized spacial score (nSPS) is 30.5. The largest absolute Gasteiger partial charge is 0.376 e. The second kappa shape index (κ2) is 4.06. The first-order valence-corrected chi connectivity index (χ1v) is 5.77. The topological polar surface area (TPSA) is 47.0 Å². The molecule has 0 spiro atoms. The lowest BCUT2D eigenvalue weighted by molar-refractivity contribution is 0.105. The third kappa shape index (κ3) is 2.29. The first-order chi connectivity index (χ1) is 7.10. The Labute approximate surface area is 97.6 Å². The Hall–Kier alpha value is -0.680. The molecule has 1 aromatic rings. The maximum Gasteiger partial charge on any atom is 0.223 e. The monoisotopic (exact) mass is 271 g/mol. The molecule has 2 atom stereocenters. The van der Waals surface area contributed by atoms with Gasteiger partial charge < -0.3 is 10.1 Å². The lowest BCUT2D eigenvalue weighted by Gasteiger charge is -2.28. The van der Waals surface area contributed by atoms with E-state index in [-0.39, 0.29) is 11.6 Å². The van der Waals surface area contributed by atoms with Gasteiger partial charge in [0.15, 0.2) is 0 Å². The van der Waals surface area contributed by atoms with Gasteiger partial charge in [0.25, 0.3) is 0 Å². The summed E-state index contributed by atoms with van der Waals surface area (Å²) in [6, 6.07) is 0. The van der Waals surface area contributed by atoms with Gasteiger partial charge in [-0.3, -0.25) is 0 Å². The second-order valence-electron chi connectivity index (χ2n) is 4.03. The Morgan fingerprint density at radius 2 is 2.20 bits per heavy atom. The minimum Gasteiger partial charge on any atom is -0.376 e. The van der Waals surface area contributed by atoms with Crippen LogP contribution in [0.5, 0.6) is 0 Å². The van der Waals surface area contributed by atoms with Gasteiger partial charge in [-0.05, 0) is 36.2 Å². The Bertz CT molecular complexity index is 343. The van der Waals surface area contributed by atoms with Crippen LogP contribution in [0.4, 0.5) is 5.95 Å². The Kier molecular flexibility index (Phi) is 2.93. The van der Waals surface area contributed by atoms with Gasteiger partial charge >= 0.3 is 0 Å². The predicted molar refractivity (Wildman–Crippen MR) is 61.8 cm³/mol. The zero-order valence-electron chi connectivity index (χ0n) is 8.83. The van der Waals surface area contributed by atoms with Crippen molar-refractivity contribution in [2.24, 2.45) is 0 Å². The molecule has 0 radical (unpaired) electrons. The number of nitrogens with one attached hydrogen (secondary N) is 1. The quantitative estimate of drug-likeness (QED) is 0.896. The average Bonchev–Trinajstić information content (AvgIpc) is 2.51. The first kappa shape index (κ1) is 10.8. The van der Waals surface area contributed by atoms with E-state index in [0.29, 0.717) is 5.95 Å². The summed E-state index contributed by atoms with van der Waals surface area (Å²) in [5.74, 6) is 0.651. The number of ether oxygens (including phenoxy) is 1. The van der Waals surface area contributed by atoms with Crippen molar-refractivity contribution < 1.29 is 4.74 Å². The summed E-state index contributed by atoms with van der Waals surface area (Å²) in [6.45, 7) is 5.00. The van der Waals surface area contributed by atoms with Gasteiger partial charge in [0, 0.05) is 19.0 Å². The van der Waals surface area contributed by atoms with Gasteiger partial charge in [-0.25, -0.2) is 9.97 Å². The molecule has 2 heterocycles. The third-order valence-electron chi connectivity index (χ3n) is 2.90. The molecule has 4 nitrogen and oxygen atoms in total. The molecular formula is C10H14BrN3O. The first-order valence-electron chi connectivity index (χ1n) is 4.97. The molecule has 1 fully saturated rings. The molecule has 5 heteroatoms. The van der Waals surface area contributed by atoms with Crippen LogP contribution >= 0.6 is 15.9 Å². The highest BCUT2D eigenvalue weighted by atomic mass is 79.9. The number of rotatable bonds is 2. The van der Waals surface area contributed by atoms with Gasteiger partial charge in [-0.15, -0.1) is 0 Å². The standard InChI is InChI=1S/C10H14BrN3O/c1-7-10(2,3-4-15-7)14-9-12-5-8(11)6-13-9/h5-7H,3-4H2,1-2H3,(H,12,13,14)/t7-,10-/m0/s1. The van der Waals surface area contributed by atoms with Gasteiger partial charge in [0.2, 0.25) is 5.95 Å². The number of aromatic nitrogens is 2. The lowest BCUT2D eigenvalue weighted by Crippen LogP contribution is -2.41. The molecule has 0 aliphatic carbocycles. The molecule has 0 bridgehead atoms. The molecule has 15 heavy (non-hydrogen) atoms. The number of hydrogen-bond acceptors (Lipinski definition) is 4. The Morgan fingerprint density at radius 1 is 1.53 bits per heavy atom. The van der Waals surface area contributed by atoms with Crippen molar-refractivity contribution in [1.29, 1.82) is 0 Å². The van der Waals surface area contributed by atoms with Gasteiger partial charge in [0.05, 0.1) is 16.1 Å². The predicted octanol–water partition coefficient (Wildman–Crippen LogP) is 2.22. The van der Waals surface area contributed by atoms with Crippen LogP contribution < -0.4 is 5.32 Å². The van der Waals surface area contributed by atoms with Crippen LogP contribution in [-0.2, 0) is 4.74 Å². The maximum atomic E-state index is 5.54. The zero-order chi connectivity index (χ0) is 10.9. The van der Waals surface area contributed by atoms with Crippen molar-refractivity contribution >= 4 is 21.9 Å². The van der Waals surface area contributed by atoms with Gasteiger partial charge in [-0.1, -0.05) is 0 Å². The molecule has 1 saturated heterocycles. The lowest BCUT2D eigenvalue weighted by atomic mass is 9.95. The van der Waals surface area contributed by atoms with E-state index < -0.39 is 0 Å². The molecule has 0 unspecified atom stereocenters. The molecular weight excluding hydrogens is 258 g/mol. The van der Waals surface area contributed by atoms with Crippen LogP contribution in [-0.4, -0.2) is 28.2 Å². The van der Waals surface area contributed by atoms with Crippen molar-refractivity contribution in [3.05, 3.63) is 16.9 Å².